The number of sulfone groups is 1. The van der Waals surface area contributed by atoms with Crippen LogP contribution in [0.3, 0.4) is 0 Å². The normalized spacial score (nSPS) is 33.4. The van der Waals surface area contributed by atoms with Gasteiger partial charge in [-0.2, -0.15) is 0 Å². The fourth-order valence-electron chi connectivity index (χ4n) is 3.68. The third kappa shape index (κ3) is 3.26. The zero-order chi connectivity index (χ0) is 15.7. The minimum atomic E-state index is -3.42. The molecule has 1 amide bonds. The minimum Gasteiger partial charge on any atom is -0.352 e. The number of rotatable bonds is 3. The van der Waals surface area contributed by atoms with Gasteiger partial charge in [0.2, 0.25) is 5.91 Å². The average Bonchev–Trinajstić information content (AvgIpc) is 2.43. The largest absolute Gasteiger partial charge is 0.352 e. The van der Waals surface area contributed by atoms with Gasteiger partial charge in [0.25, 0.3) is 0 Å². The molecule has 3 atom stereocenters. The van der Waals surface area contributed by atoms with Crippen LogP contribution in [0, 0.1) is 11.8 Å². The van der Waals surface area contributed by atoms with Crippen molar-refractivity contribution < 1.29 is 13.2 Å². The molecule has 0 bridgehead atoms. The summed E-state index contributed by atoms with van der Waals surface area (Å²) in [7, 11) is -3.42. The van der Waals surface area contributed by atoms with Crippen molar-refractivity contribution in [3.8, 4) is 0 Å². The van der Waals surface area contributed by atoms with Gasteiger partial charge in [-0.1, -0.05) is 26.7 Å². The second kappa shape index (κ2) is 6.24. The van der Waals surface area contributed by atoms with Crippen molar-refractivity contribution in [2.45, 2.75) is 56.7 Å². The molecule has 1 aliphatic heterocycles. The smallest absolute Gasteiger partial charge is 0.241 e. The first kappa shape index (κ1) is 16.7. The van der Waals surface area contributed by atoms with Crippen molar-refractivity contribution in [1.29, 1.82) is 0 Å². The third-order valence-electron chi connectivity index (χ3n) is 5.56. The Morgan fingerprint density at radius 1 is 1.19 bits per heavy atom. The lowest BCUT2D eigenvalue weighted by Crippen LogP contribution is -2.60. The number of carbonyl (C=O) groups excluding carboxylic acids is 1. The second-order valence-corrected chi connectivity index (χ2v) is 9.19. The first-order valence-corrected chi connectivity index (χ1v) is 9.88. The molecular weight excluding hydrogens is 288 g/mol. The number of amides is 1. The molecule has 1 saturated heterocycles. The highest BCUT2D eigenvalue weighted by Crippen LogP contribution is 2.32. The predicted molar refractivity (Wildman–Crippen MR) is 83.8 cm³/mol. The molecule has 0 spiro atoms. The quantitative estimate of drug-likeness (QED) is 0.817. The van der Waals surface area contributed by atoms with Gasteiger partial charge in [-0.3, -0.25) is 4.79 Å². The van der Waals surface area contributed by atoms with E-state index in [9.17, 15) is 13.2 Å². The van der Waals surface area contributed by atoms with Crippen LogP contribution in [0.25, 0.3) is 0 Å². The van der Waals surface area contributed by atoms with E-state index in [2.05, 4.69) is 24.5 Å². The van der Waals surface area contributed by atoms with Crippen molar-refractivity contribution >= 4 is 15.7 Å². The first-order chi connectivity index (χ1) is 9.78. The van der Waals surface area contributed by atoms with E-state index in [1.54, 1.807) is 0 Å². The molecule has 0 aromatic carbocycles. The molecule has 0 aromatic rings. The molecule has 1 heterocycles. The van der Waals surface area contributed by atoms with Gasteiger partial charge in [0.1, 0.15) is 0 Å². The lowest BCUT2D eigenvalue weighted by atomic mass is 9.77. The molecular formula is C15H28N2O3S. The summed E-state index contributed by atoms with van der Waals surface area (Å²) in [4.78, 5) is 12.8. The summed E-state index contributed by atoms with van der Waals surface area (Å²) >= 11 is 0. The van der Waals surface area contributed by atoms with Crippen LogP contribution in [0.5, 0.6) is 0 Å². The van der Waals surface area contributed by atoms with E-state index in [4.69, 9.17) is 0 Å². The molecule has 1 aliphatic carbocycles. The monoisotopic (exact) mass is 316 g/mol. The van der Waals surface area contributed by atoms with E-state index < -0.39 is 14.6 Å². The lowest BCUT2D eigenvalue weighted by molar-refractivity contribution is -0.125. The zero-order valence-electron chi connectivity index (χ0n) is 13.3. The highest BCUT2D eigenvalue weighted by Gasteiger charge is 2.49. The van der Waals surface area contributed by atoms with Gasteiger partial charge in [0, 0.05) is 12.3 Å². The van der Waals surface area contributed by atoms with Crippen LogP contribution in [0.1, 0.15) is 46.0 Å². The van der Waals surface area contributed by atoms with Gasteiger partial charge in [0.05, 0.1) is 0 Å². The van der Waals surface area contributed by atoms with Crippen LogP contribution in [-0.4, -0.2) is 44.5 Å². The molecule has 2 fully saturated rings. The van der Waals surface area contributed by atoms with Crippen molar-refractivity contribution in [2.75, 3.05) is 19.3 Å². The third-order valence-corrected chi connectivity index (χ3v) is 7.57. The topological polar surface area (TPSA) is 75.3 Å². The number of nitrogens with one attached hydrogen (secondary N) is 2. The van der Waals surface area contributed by atoms with E-state index in [0.717, 1.165) is 12.8 Å². The standard InChI is InChI=1S/C15H28N2O3S/c1-11-5-4-6-13(12(11)2)17-14(18)15(21(3,19)20)7-9-16-10-8-15/h11-13,16H,4-10H2,1-3H3,(H,17,18). The summed E-state index contributed by atoms with van der Waals surface area (Å²) in [5, 5.41) is 6.21. The van der Waals surface area contributed by atoms with E-state index in [1.165, 1.54) is 12.7 Å². The number of carbonyl (C=O) groups is 1. The van der Waals surface area contributed by atoms with Crippen molar-refractivity contribution in [3.05, 3.63) is 0 Å². The van der Waals surface area contributed by atoms with Gasteiger partial charge in [-0.05, 0) is 44.2 Å². The molecule has 6 heteroatoms. The summed E-state index contributed by atoms with van der Waals surface area (Å²) in [5.74, 6) is 0.699. The molecule has 3 unspecified atom stereocenters. The Balaban J connectivity index is 2.16. The maximum absolute atomic E-state index is 12.8. The van der Waals surface area contributed by atoms with E-state index in [-0.39, 0.29) is 11.9 Å². The van der Waals surface area contributed by atoms with Crippen LogP contribution >= 0.6 is 0 Å². The van der Waals surface area contributed by atoms with E-state index >= 15 is 0 Å². The Labute approximate surface area is 128 Å². The van der Waals surface area contributed by atoms with Crippen LogP contribution in [0.4, 0.5) is 0 Å². The van der Waals surface area contributed by atoms with Gasteiger partial charge >= 0.3 is 0 Å². The van der Waals surface area contributed by atoms with Gasteiger partial charge in [-0.25, -0.2) is 8.42 Å². The van der Waals surface area contributed by atoms with Gasteiger partial charge < -0.3 is 10.6 Å². The molecule has 0 radical (unpaired) electrons. The van der Waals surface area contributed by atoms with Crippen LogP contribution in [-0.2, 0) is 14.6 Å². The first-order valence-electron chi connectivity index (χ1n) is 7.99. The summed E-state index contributed by atoms with van der Waals surface area (Å²) in [6.07, 6.45) is 5.18. The molecule has 1 saturated carbocycles. The van der Waals surface area contributed by atoms with Crippen LogP contribution in [0.2, 0.25) is 0 Å². The Hall–Kier alpha value is -0.620. The maximum atomic E-state index is 12.8. The van der Waals surface area contributed by atoms with E-state index in [1.807, 2.05) is 0 Å². The van der Waals surface area contributed by atoms with Crippen LogP contribution in [0.15, 0.2) is 0 Å². The zero-order valence-corrected chi connectivity index (χ0v) is 14.1. The Kier molecular flexibility index (Phi) is 4.98. The number of piperidine rings is 1. The summed E-state index contributed by atoms with van der Waals surface area (Å²) in [6, 6.07) is 0.106. The molecule has 0 aromatic heterocycles. The number of hydrogen-bond donors (Lipinski definition) is 2. The molecule has 2 N–H and O–H groups in total. The average molecular weight is 316 g/mol. The van der Waals surface area contributed by atoms with Gasteiger partial charge in [0.15, 0.2) is 14.6 Å². The molecule has 2 rings (SSSR count). The lowest BCUT2D eigenvalue weighted by Gasteiger charge is -2.39. The predicted octanol–water partition coefficient (Wildman–Crippen LogP) is 1.09. The second-order valence-electron chi connectivity index (χ2n) is 6.86. The Morgan fingerprint density at radius 2 is 1.81 bits per heavy atom. The summed E-state index contributed by atoms with van der Waals surface area (Å²) in [5.41, 5.74) is 0. The fraction of sp³-hybridized carbons (Fsp3) is 0.933. The molecule has 122 valence electrons. The Bertz CT molecular complexity index is 483. The highest BCUT2D eigenvalue weighted by molar-refractivity contribution is 7.92. The van der Waals surface area contributed by atoms with Crippen molar-refractivity contribution in [1.82, 2.24) is 10.6 Å². The highest BCUT2D eigenvalue weighted by atomic mass is 32.2. The molecule has 5 nitrogen and oxygen atoms in total. The fourth-order valence-corrected chi connectivity index (χ4v) is 5.02. The summed E-state index contributed by atoms with van der Waals surface area (Å²) in [6.45, 7) is 5.53. The SMILES string of the molecule is CC1CCCC(NC(=O)C2(S(C)(=O)=O)CCNCC2)C1C. The van der Waals surface area contributed by atoms with Crippen LogP contribution < -0.4 is 10.6 Å². The Morgan fingerprint density at radius 3 is 2.38 bits per heavy atom. The van der Waals surface area contributed by atoms with Crippen molar-refractivity contribution in [2.24, 2.45) is 11.8 Å². The summed E-state index contributed by atoms with van der Waals surface area (Å²) < 4.78 is 23.3. The van der Waals surface area contributed by atoms with E-state index in [0.29, 0.717) is 37.8 Å². The maximum Gasteiger partial charge on any atom is 0.241 e. The van der Waals surface area contributed by atoms with Gasteiger partial charge in [-0.15, -0.1) is 0 Å². The van der Waals surface area contributed by atoms with Crippen molar-refractivity contribution in [3.63, 3.8) is 0 Å². The number of hydrogen-bond acceptors (Lipinski definition) is 4. The molecule has 2 aliphatic rings. The minimum absolute atomic E-state index is 0.106. The molecule has 21 heavy (non-hydrogen) atoms.